The molecule has 2 heterocycles. The van der Waals surface area contributed by atoms with Crippen LogP contribution in [-0.2, 0) is 16.1 Å². The molecule has 0 bridgehead atoms. The molecule has 0 radical (unpaired) electrons. The number of Topliss-reactive ketones (excluding diaryl/α,β-unsaturated/α-hetero) is 1. The molecule has 1 saturated heterocycles. The third-order valence-corrected chi connectivity index (χ3v) is 6.49. The fourth-order valence-electron chi connectivity index (χ4n) is 4.56. The van der Waals surface area contributed by atoms with E-state index in [9.17, 15) is 14.7 Å². The first kappa shape index (κ1) is 27.5. The van der Waals surface area contributed by atoms with Crippen molar-refractivity contribution in [2.75, 3.05) is 27.9 Å². The van der Waals surface area contributed by atoms with Crippen LogP contribution in [0.25, 0.3) is 5.76 Å². The number of ketones is 1. The lowest BCUT2D eigenvalue weighted by atomic mass is 9.94. The zero-order valence-electron chi connectivity index (χ0n) is 22.5. The molecule has 1 aliphatic rings. The maximum atomic E-state index is 13.5. The highest BCUT2D eigenvalue weighted by atomic mass is 16.5. The van der Waals surface area contributed by atoms with Crippen molar-refractivity contribution in [3.05, 3.63) is 83.2 Å². The molecule has 1 atom stereocenters. The number of ether oxygens (including phenoxy) is 4. The zero-order chi connectivity index (χ0) is 27.9. The number of rotatable bonds is 11. The second-order valence-corrected chi connectivity index (χ2v) is 8.98. The Morgan fingerprint density at radius 2 is 1.74 bits per heavy atom. The van der Waals surface area contributed by atoms with E-state index in [-0.39, 0.29) is 17.9 Å². The second-order valence-electron chi connectivity index (χ2n) is 8.98. The van der Waals surface area contributed by atoms with Gasteiger partial charge in [0, 0.05) is 24.5 Å². The molecule has 0 aliphatic carbocycles. The van der Waals surface area contributed by atoms with E-state index in [0.717, 1.165) is 18.4 Å². The first-order chi connectivity index (χ1) is 18.9. The van der Waals surface area contributed by atoms with Gasteiger partial charge in [0.05, 0.1) is 39.6 Å². The minimum atomic E-state index is -0.941. The standard InChI is InChI=1S/C30H32N2O7/c1-5-6-13-39-22-11-7-10-20(14-22)27(33)25-26(21-15-23(36-2)29(38-4)24(16-21)37-3)32(30(35)28(25)34)18-19-9-8-12-31-17-19/h7-12,14-17,26,33H,5-6,13,18H2,1-4H3. The summed E-state index contributed by atoms with van der Waals surface area (Å²) in [5.41, 5.74) is 1.54. The maximum Gasteiger partial charge on any atom is 0.295 e. The van der Waals surface area contributed by atoms with Gasteiger partial charge in [0.1, 0.15) is 11.5 Å². The van der Waals surface area contributed by atoms with Crippen LogP contribution in [0.5, 0.6) is 23.0 Å². The molecule has 1 N–H and O–H groups in total. The number of hydrogen-bond donors (Lipinski definition) is 1. The molecule has 1 amide bonds. The van der Waals surface area contributed by atoms with Crippen LogP contribution in [0, 0.1) is 0 Å². The van der Waals surface area contributed by atoms with Gasteiger partial charge in [-0.15, -0.1) is 0 Å². The summed E-state index contributed by atoms with van der Waals surface area (Å²) in [5, 5.41) is 11.5. The molecule has 9 heteroatoms. The van der Waals surface area contributed by atoms with Crippen molar-refractivity contribution in [3.8, 4) is 23.0 Å². The predicted octanol–water partition coefficient (Wildman–Crippen LogP) is 4.91. The minimum Gasteiger partial charge on any atom is -0.507 e. The van der Waals surface area contributed by atoms with Crippen molar-refractivity contribution in [2.24, 2.45) is 0 Å². The maximum absolute atomic E-state index is 13.5. The summed E-state index contributed by atoms with van der Waals surface area (Å²) < 4.78 is 22.3. The Kier molecular flexibility index (Phi) is 8.70. The predicted molar refractivity (Wildman–Crippen MR) is 145 cm³/mol. The first-order valence-corrected chi connectivity index (χ1v) is 12.6. The van der Waals surface area contributed by atoms with Crippen LogP contribution < -0.4 is 18.9 Å². The Balaban J connectivity index is 1.88. The van der Waals surface area contributed by atoms with Gasteiger partial charge in [0.25, 0.3) is 11.7 Å². The third-order valence-electron chi connectivity index (χ3n) is 6.49. The number of aliphatic hydroxyl groups excluding tert-OH is 1. The van der Waals surface area contributed by atoms with Crippen LogP contribution in [-0.4, -0.2) is 54.6 Å². The summed E-state index contributed by atoms with van der Waals surface area (Å²) in [6.45, 7) is 2.69. The van der Waals surface area contributed by atoms with Crippen LogP contribution in [0.4, 0.5) is 0 Å². The summed E-state index contributed by atoms with van der Waals surface area (Å²) in [6.07, 6.45) is 5.12. The minimum absolute atomic E-state index is 0.0520. The lowest BCUT2D eigenvalue weighted by Gasteiger charge is -2.26. The van der Waals surface area contributed by atoms with Gasteiger partial charge in [0.15, 0.2) is 11.5 Å². The normalized spacial score (nSPS) is 16.3. The molecular weight excluding hydrogens is 500 g/mol. The van der Waals surface area contributed by atoms with Crippen LogP contribution in [0.1, 0.15) is 42.5 Å². The van der Waals surface area contributed by atoms with Crippen molar-refractivity contribution in [1.29, 1.82) is 0 Å². The fraction of sp³-hybridized carbons (Fsp3) is 0.300. The van der Waals surface area contributed by atoms with E-state index in [2.05, 4.69) is 11.9 Å². The van der Waals surface area contributed by atoms with Crippen molar-refractivity contribution in [2.45, 2.75) is 32.4 Å². The molecule has 204 valence electrons. The Labute approximate surface area is 227 Å². The summed E-state index contributed by atoms with van der Waals surface area (Å²) in [7, 11) is 4.46. The number of likely N-dealkylation sites (tertiary alicyclic amines) is 1. The molecule has 4 rings (SSSR count). The highest BCUT2D eigenvalue weighted by Gasteiger charge is 2.46. The van der Waals surface area contributed by atoms with Gasteiger partial charge >= 0.3 is 0 Å². The molecule has 0 saturated carbocycles. The van der Waals surface area contributed by atoms with Gasteiger partial charge in [-0.25, -0.2) is 0 Å². The largest absolute Gasteiger partial charge is 0.507 e. The van der Waals surface area contributed by atoms with Crippen LogP contribution in [0.3, 0.4) is 0 Å². The van der Waals surface area contributed by atoms with E-state index in [1.54, 1.807) is 54.9 Å². The van der Waals surface area contributed by atoms with Gasteiger partial charge in [-0.3, -0.25) is 14.6 Å². The number of aliphatic hydroxyl groups is 1. The topological polar surface area (TPSA) is 107 Å². The SMILES string of the molecule is CCCCOc1cccc(C(O)=C2C(=O)C(=O)N(Cc3cccnc3)C2c2cc(OC)c(OC)c(OC)c2)c1. The number of hydrogen-bond acceptors (Lipinski definition) is 8. The Hall–Kier alpha value is -4.53. The number of methoxy groups -OCH3 is 3. The van der Waals surface area contributed by atoms with E-state index in [1.807, 2.05) is 6.07 Å². The summed E-state index contributed by atoms with van der Waals surface area (Å²) in [6, 6.07) is 12.8. The molecule has 1 aromatic heterocycles. The molecular formula is C30H32N2O7. The number of carbonyl (C=O) groups is 2. The Morgan fingerprint density at radius 3 is 2.36 bits per heavy atom. The van der Waals surface area contributed by atoms with E-state index < -0.39 is 17.7 Å². The average molecular weight is 533 g/mol. The molecule has 1 fully saturated rings. The first-order valence-electron chi connectivity index (χ1n) is 12.6. The number of benzene rings is 2. The van der Waals surface area contributed by atoms with E-state index >= 15 is 0 Å². The van der Waals surface area contributed by atoms with Crippen molar-refractivity contribution in [3.63, 3.8) is 0 Å². The number of carbonyl (C=O) groups excluding carboxylic acids is 2. The molecule has 1 aliphatic heterocycles. The quantitative estimate of drug-likeness (QED) is 0.161. The zero-order valence-corrected chi connectivity index (χ0v) is 22.5. The summed E-state index contributed by atoms with van der Waals surface area (Å²) >= 11 is 0. The smallest absolute Gasteiger partial charge is 0.295 e. The van der Waals surface area contributed by atoms with E-state index in [0.29, 0.717) is 40.7 Å². The number of aromatic nitrogens is 1. The van der Waals surface area contributed by atoms with Gasteiger partial charge in [-0.2, -0.15) is 0 Å². The lowest BCUT2D eigenvalue weighted by molar-refractivity contribution is -0.140. The third kappa shape index (κ3) is 5.67. The van der Waals surface area contributed by atoms with Crippen molar-refractivity contribution in [1.82, 2.24) is 9.88 Å². The van der Waals surface area contributed by atoms with Crippen LogP contribution in [0.2, 0.25) is 0 Å². The number of unbranched alkanes of at least 4 members (excludes halogenated alkanes) is 1. The van der Waals surface area contributed by atoms with Gasteiger partial charge < -0.3 is 29.0 Å². The van der Waals surface area contributed by atoms with Gasteiger partial charge in [0.2, 0.25) is 5.75 Å². The highest BCUT2D eigenvalue weighted by Crippen LogP contribution is 2.46. The summed E-state index contributed by atoms with van der Waals surface area (Å²) in [5.74, 6) is -0.217. The molecule has 2 aromatic carbocycles. The fourth-order valence-corrected chi connectivity index (χ4v) is 4.56. The number of nitrogens with zero attached hydrogens (tertiary/aromatic N) is 2. The number of amides is 1. The lowest BCUT2D eigenvalue weighted by Crippen LogP contribution is -2.29. The molecule has 39 heavy (non-hydrogen) atoms. The van der Waals surface area contributed by atoms with Crippen molar-refractivity contribution >= 4 is 17.4 Å². The van der Waals surface area contributed by atoms with Crippen molar-refractivity contribution < 1.29 is 33.6 Å². The van der Waals surface area contributed by atoms with E-state index in [1.165, 1.54) is 26.2 Å². The monoisotopic (exact) mass is 532 g/mol. The summed E-state index contributed by atoms with van der Waals surface area (Å²) in [4.78, 5) is 32.4. The molecule has 1 unspecified atom stereocenters. The number of pyridine rings is 1. The van der Waals surface area contributed by atoms with Crippen LogP contribution >= 0.6 is 0 Å². The highest BCUT2D eigenvalue weighted by molar-refractivity contribution is 6.46. The molecule has 0 spiro atoms. The van der Waals surface area contributed by atoms with Gasteiger partial charge in [-0.05, 0) is 47.9 Å². The Morgan fingerprint density at radius 1 is 1.00 bits per heavy atom. The second kappa shape index (κ2) is 12.3. The molecule has 9 nitrogen and oxygen atoms in total. The average Bonchev–Trinajstić information content (AvgIpc) is 3.21. The van der Waals surface area contributed by atoms with E-state index in [4.69, 9.17) is 18.9 Å². The van der Waals surface area contributed by atoms with Crippen LogP contribution in [0.15, 0.2) is 66.5 Å². The Bertz CT molecular complexity index is 1350. The molecule has 3 aromatic rings. The van der Waals surface area contributed by atoms with Gasteiger partial charge in [-0.1, -0.05) is 31.5 Å².